The van der Waals surface area contributed by atoms with Gasteiger partial charge in [-0.3, -0.25) is 0 Å². The van der Waals surface area contributed by atoms with Crippen molar-refractivity contribution in [3.63, 3.8) is 0 Å². The quantitative estimate of drug-likeness (QED) is 0.826. The molecule has 0 amide bonds. The molecule has 0 aliphatic heterocycles. The van der Waals surface area contributed by atoms with Crippen molar-refractivity contribution in [3.8, 4) is 5.88 Å². The monoisotopic (exact) mass is 243 g/mol. The standard InChI is InChI=1S/C8H6F5NO2/c9-2-6-4(3-15)5(10)1-7(14-6)16-8(11,12)13/h1,15H,2-3H2. The van der Waals surface area contributed by atoms with Gasteiger partial charge in [-0.1, -0.05) is 0 Å². The van der Waals surface area contributed by atoms with Crippen LogP contribution < -0.4 is 4.74 Å². The average molecular weight is 243 g/mol. The van der Waals surface area contributed by atoms with Crippen molar-refractivity contribution in [2.45, 2.75) is 19.6 Å². The van der Waals surface area contributed by atoms with Crippen LogP contribution in [-0.2, 0) is 13.3 Å². The van der Waals surface area contributed by atoms with Gasteiger partial charge in [-0.2, -0.15) is 0 Å². The zero-order chi connectivity index (χ0) is 12.3. The Labute approximate surface area is 86.5 Å². The highest BCUT2D eigenvalue weighted by atomic mass is 19.4. The molecule has 1 N–H and O–H groups in total. The molecule has 1 aromatic heterocycles. The smallest absolute Gasteiger partial charge is 0.391 e. The first-order valence-electron chi connectivity index (χ1n) is 3.98. The number of hydrogen-bond donors (Lipinski definition) is 1. The van der Waals surface area contributed by atoms with Gasteiger partial charge in [-0.15, -0.1) is 13.2 Å². The van der Waals surface area contributed by atoms with Crippen LogP contribution in [0.5, 0.6) is 5.88 Å². The van der Waals surface area contributed by atoms with Crippen LogP contribution in [0.2, 0.25) is 0 Å². The van der Waals surface area contributed by atoms with Crippen LogP contribution >= 0.6 is 0 Å². The summed E-state index contributed by atoms with van der Waals surface area (Å²) >= 11 is 0. The molecule has 0 aromatic carbocycles. The normalized spacial score (nSPS) is 11.6. The fraction of sp³-hybridized carbons (Fsp3) is 0.375. The molecular formula is C8H6F5NO2. The van der Waals surface area contributed by atoms with Crippen LogP contribution in [0.15, 0.2) is 6.07 Å². The van der Waals surface area contributed by atoms with E-state index in [4.69, 9.17) is 5.11 Å². The molecule has 0 unspecified atom stereocenters. The Kier molecular flexibility index (Phi) is 3.63. The topological polar surface area (TPSA) is 42.4 Å². The Morgan fingerprint density at radius 1 is 1.38 bits per heavy atom. The highest BCUT2D eigenvalue weighted by Gasteiger charge is 2.32. The zero-order valence-electron chi connectivity index (χ0n) is 7.68. The minimum Gasteiger partial charge on any atom is -0.391 e. The molecule has 8 heteroatoms. The summed E-state index contributed by atoms with van der Waals surface area (Å²) in [7, 11) is 0. The van der Waals surface area contributed by atoms with E-state index in [1.165, 1.54) is 0 Å². The van der Waals surface area contributed by atoms with Gasteiger partial charge in [0.05, 0.1) is 12.3 Å². The van der Waals surface area contributed by atoms with E-state index in [0.717, 1.165) is 0 Å². The van der Waals surface area contributed by atoms with Gasteiger partial charge in [-0.25, -0.2) is 13.8 Å². The number of aromatic nitrogens is 1. The largest absolute Gasteiger partial charge is 0.574 e. The summed E-state index contributed by atoms with van der Waals surface area (Å²) < 4.78 is 64.0. The van der Waals surface area contributed by atoms with Crippen LogP contribution in [0.25, 0.3) is 0 Å². The van der Waals surface area contributed by atoms with Crippen LogP contribution in [0.1, 0.15) is 11.3 Å². The second-order valence-electron chi connectivity index (χ2n) is 2.71. The number of halogens is 5. The van der Waals surface area contributed by atoms with Crippen molar-refractivity contribution >= 4 is 0 Å². The van der Waals surface area contributed by atoms with Gasteiger partial charge in [-0.05, 0) is 0 Å². The Morgan fingerprint density at radius 2 is 2.00 bits per heavy atom. The lowest BCUT2D eigenvalue weighted by atomic mass is 10.2. The van der Waals surface area contributed by atoms with Gasteiger partial charge in [0.1, 0.15) is 12.5 Å². The van der Waals surface area contributed by atoms with Gasteiger partial charge >= 0.3 is 6.36 Å². The van der Waals surface area contributed by atoms with Crippen molar-refractivity contribution in [1.82, 2.24) is 4.98 Å². The molecule has 0 fully saturated rings. The number of ether oxygens (including phenoxy) is 1. The molecule has 0 radical (unpaired) electrons. The lowest BCUT2D eigenvalue weighted by Gasteiger charge is -2.10. The predicted molar refractivity (Wildman–Crippen MR) is 41.6 cm³/mol. The van der Waals surface area contributed by atoms with E-state index >= 15 is 0 Å². The fourth-order valence-corrected chi connectivity index (χ4v) is 1.01. The minimum absolute atomic E-state index is 0.332. The van der Waals surface area contributed by atoms with E-state index < -0.39 is 42.6 Å². The first-order chi connectivity index (χ1) is 7.37. The third-order valence-electron chi connectivity index (χ3n) is 1.64. The van der Waals surface area contributed by atoms with Gasteiger partial charge in [0, 0.05) is 11.6 Å². The van der Waals surface area contributed by atoms with Crippen molar-refractivity contribution < 1.29 is 31.8 Å². The van der Waals surface area contributed by atoms with Crippen LogP contribution in [0.4, 0.5) is 22.0 Å². The molecule has 16 heavy (non-hydrogen) atoms. The number of hydrogen-bond acceptors (Lipinski definition) is 3. The molecule has 1 heterocycles. The van der Waals surface area contributed by atoms with Gasteiger partial charge in [0.15, 0.2) is 0 Å². The molecule has 90 valence electrons. The highest BCUT2D eigenvalue weighted by molar-refractivity contribution is 5.27. The summed E-state index contributed by atoms with van der Waals surface area (Å²) in [6, 6.07) is 0.332. The fourth-order valence-electron chi connectivity index (χ4n) is 1.01. The van der Waals surface area contributed by atoms with Crippen molar-refractivity contribution in [3.05, 3.63) is 23.1 Å². The SMILES string of the molecule is OCc1c(F)cc(OC(F)(F)F)nc1CF. The molecule has 0 spiro atoms. The lowest BCUT2D eigenvalue weighted by Crippen LogP contribution is -2.19. The summed E-state index contributed by atoms with van der Waals surface area (Å²) in [4.78, 5) is 3.09. The van der Waals surface area contributed by atoms with Crippen LogP contribution in [-0.4, -0.2) is 16.5 Å². The molecule has 1 aromatic rings. The van der Waals surface area contributed by atoms with Crippen molar-refractivity contribution in [2.24, 2.45) is 0 Å². The first kappa shape index (κ1) is 12.6. The molecule has 0 aliphatic carbocycles. The van der Waals surface area contributed by atoms with E-state index in [2.05, 4.69) is 9.72 Å². The van der Waals surface area contributed by atoms with E-state index in [0.29, 0.717) is 6.07 Å². The molecule has 0 atom stereocenters. The minimum atomic E-state index is -5.03. The number of nitrogens with zero attached hydrogens (tertiary/aromatic N) is 1. The maximum atomic E-state index is 13.1. The van der Waals surface area contributed by atoms with Gasteiger partial charge in [0.2, 0.25) is 5.88 Å². The van der Waals surface area contributed by atoms with Crippen molar-refractivity contribution in [2.75, 3.05) is 0 Å². The van der Waals surface area contributed by atoms with Crippen LogP contribution in [0.3, 0.4) is 0 Å². The molecule has 0 saturated heterocycles. The number of aliphatic hydroxyl groups is 1. The maximum Gasteiger partial charge on any atom is 0.574 e. The van der Waals surface area contributed by atoms with Crippen molar-refractivity contribution in [1.29, 1.82) is 0 Å². The Morgan fingerprint density at radius 3 is 2.44 bits per heavy atom. The van der Waals surface area contributed by atoms with E-state index in [9.17, 15) is 22.0 Å². The first-order valence-corrected chi connectivity index (χ1v) is 3.98. The average Bonchev–Trinajstić information content (AvgIpc) is 2.14. The number of aliphatic hydroxyl groups excluding tert-OH is 1. The third-order valence-corrected chi connectivity index (χ3v) is 1.64. The number of pyridine rings is 1. The Bertz CT molecular complexity index is 379. The molecular weight excluding hydrogens is 237 g/mol. The van der Waals surface area contributed by atoms with E-state index in [-0.39, 0.29) is 0 Å². The summed E-state index contributed by atoms with van der Waals surface area (Å²) in [5, 5.41) is 8.64. The zero-order valence-corrected chi connectivity index (χ0v) is 7.68. The molecule has 0 saturated carbocycles. The summed E-state index contributed by atoms with van der Waals surface area (Å²) in [5.74, 6) is -2.31. The molecule has 1 rings (SSSR count). The van der Waals surface area contributed by atoms with E-state index in [1.54, 1.807) is 0 Å². The Hall–Kier alpha value is -1.44. The maximum absolute atomic E-state index is 13.1. The summed E-state index contributed by atoms with van der Waals surface area (Å²) in [6.45, 7) is -2.16. The Balaban J connectivity index is 3.10. The van der Waals surface area contributed by atoms with Crippen LogP contribution in [0, 0.1) is 5.82 Å². The second kappa shape index (κ2) is 4.60. The van der Waals surface area contributed by atoms with Gasteiger partial charge in [0.25, 0.3) is 0 Å². The number of alkyl halides is 4. The van der Waals surface area contributed by atoms with E-state index in [1.807, 2.05) is 0 Å². The third kappa shape index (κ3) is 3.02. The predicted octanol–water partition coefficient (Wildman–Crippen LogP) is 2.08. The molecule has 3 nitrogen and oxygen atoms in total. The summed E-state index contributed by atoms with van der Waals surface area (Å²) in [6.07, 6.45) is -5.03. The van der Waals surface area contributed by atoms with Gasteiger partial charge < -0.3 is 9.84 Å². The lowest BCUT2D eigenvalue weighted by molar-refractivity contribution is -0.276. The highest BCUT2D eigenvalue weighted by Crippen LogP contribution is 2.24. The molecule has 0 aliphatic rings. The second-order valence-corrected chi connectivity index (χ2v) is 2.71. The molecule has 0 bridgehead atoms. The summed E-state index contributed by atoms with van der Waals surface area (Å²) in [5.41, 5.74) is -1.11. The number of rotatable bonds is 3.